The number of rotatable bonds is 4. The van der Waals surface area contributed by atoms with Gasteiger partial charge in [0.15, 0.2) is 0 Å². The average molecular weight is 383 g/mol. The summed E-state index contributed by atoms with van der Waals surface area (Å²) in [5, 5.41) is 0.715. The Labute approximate surface area is 166 Å². The summed E-state index contributed by atoms with van der Waals surface area (Å²) in [5.41, 5.74) is 9.20. The van der Waals surface area contributed by atoms with Crippen molar-refractivity contribution in [3.05, 3.63) is 64.7 Å². The molecule has 2 N–H and O–H groups in total. The second kappa shape index (κ2) is 7.20. The summed E-state index contributed by atoms with van der Waals surface area (Å²) in [6, 6.07) is 7.61. The van der Waals surface area contributed by atoms with E-state index in [1.807, 2.05) is 24.3 Å². The number of fused-ring (bicyclic) bond motifs is 1. The Hall–Kier alpha value is -2.00. The zero-order valence-electron chi connectivity index (χ0n) is 15.8. The molecule has 1 aromatic rings. The van der Waals surface area contributed by atoms with Crippen molar-refractivity contribution in [3.8, 4) is 0 Å². The highest BCUT2D eigenvalue weighted by Gasteiger charge is 2.48. The van der Waals surface area contributed by atoms with Crippen LogP contribution in [0.15, 0.2) is 54.1 Å². The summed E-state index contributed by atoms with van der Waals surface area (Å²) < 4.78 is 0. The predicted octanol–water partition coefficient (Wildman–Crippen LogP) is 5.08. The lowest BCUT2D eigenvalue weighted by molar-refractivity contribution is -0.125. The van der Waals surface area contributed by atoms with Gasteiger partial charge in [0.1, 0.15) is 6.04 Å². The first-order chi connectivity index (χ1) is 13.0. The molecular formula is C23H27ClN2O. The van der Waals surface area contributed by atoms with E-state index in [1.165, 1.54) is 24.8 Å². The molecule has 1 fully saturated rings. The van der Waals surface area contributed by atoms with Gasteiger partial charge in [-0.15, -0.1) is 0 Å². The molecule has 0 radical (unpaired) electrons. The quantitative estimate of drug-likeness (QED) is 0.789. The van der Waals surface area contributed by atoms with Gasteiger partial charge in [-0.25, -0.2) is 0 Å². The Bertz CT molecular complexity index is 817. The van der Waals surface area contributed by atoms with E-state index >= 15 is 0 Å². The van der Waals surface area contributed by atoms with Gasteiger partial charge in [-0.2, -0.15) is 0 Å². The molecule has 1 unspecified atom stereocenters. The van der Waals surface area contributed by atoms with E-state index in [0.717, 1.165) is 30.5 Å². The second-order valence-electron chi connectivity index (χ2n) is 8.18. The molecule has 3 nitrogen and oxygen atoms in total. The Morgan fingerprint density at radius 1 is 1.22 bits per heavy atom. The van der Waals surface area contributed by atoms with Gasteiger partial charge < -0.3 is 10.6 Å². The fraction of sp³-hybridized carbons (Fsp3) is 0.435. The highest BCUT2D eigenvalue weighted by Crippen LogP contribution is 2.48. The molecule has 2 atom stereocenters. The van der Waals surface area contributed by atoms with Gasteiger partial charge in [0, 0.05) is 10.7 Å². The molecule has 1 aliphatic heterocycles. The monoisotopic (exact) mass is 382 g/mol. The Morgan fingerprint density at radius 2 is 1.93 bits per heavy atom. The van der Waals surface area contributed by atoms with Crippen LogP contribution in [0, 0.1) is 5.92 Å². The zero-order chi connectivity index (χ0) is 19.0. The van der Waals surface area contributed by atoms with E-state index in [9.17, 15) is 4.79 Å². The fourth-order valence-electron chi connectivity index (χ4n) is 5.01. The number of amides is 1. The van der Waals surface area contributed by atoms with E-state index < -0.39 is 0 Å². The van der Waals surface area contributed by atoms with Crippen molar-refractivity contribution in [1.82, 2.24) is 4.90 Å². The number of carbonyl (C=O) groups excluding carboxylic acids is 1. The van der Waals surface area contributed by atoms with Gasteiger partial charge in [-0.1, -0.05) is 61.2 Å². The topological polar surface area (TPSA) is 46.3 Å². The molecule has 0 saturated heterocycles. The van der Waals surface area contributed by atoms with Crippen LogP contribution in [0.1, 0.15) is 51.0 Å². The number of primary amides is 1. The number of halogens is 1. The van der Waals surface area contributed by atoms with E-state index in [1.54, 1.807) is 0 Å². The van der Waals surface area contributed by atoms with E-state index in [0.29, 0.717) is 10.9 Å². The molecule has 4 heteroatoms. The number of allylic oxidation sites excluding steroid dienone is 2. The summed E-state index contributed by atoms with van der Waals surface area (Å²) in [6.45, 7) is 2.24. The van der Waals surface area contributed by atoms with Crippen molar-refractivity contribution in [3.63, 3.8) is 0 Å². The van der Waals surface area contributed by atoms with Gasteiger partial charge in [-0.05, 0) is 61.4 Å². The number of hydrogen-bond donors (Lipinski definition) is 1. The first kappa shape index (κ1) is 18.4. The molecule has 1 saturated carbocycles. The van der Waals surface area contributed by atoms with Gasteiger partial charge in [-0.3, -0.25) is 4.79 Å². The third-order valence-electron chi connectivity index (χ3n) is 6.44. The Balaban J connectivity index is 1.81. The summed E-state index contributed by atoms with van der Waals surface area (Å²) in [7, 11) is 0. The largest absolute Gasteiger partial charge is 0.368 e. The highest BCUT2D eigenvalue weighted by molar-refractivity contribution is 6.30. The standard InChI is InChI=1S/C23H27ClN2O/c1-23-14-6-5-9-18(23)15-20(16-10-12-19(24)13-11-16)26(23)21(22(25)27)17-7-3-2-4-8-17/h5-6,9-13,15,17,21H,2-4,7-8,14H2,1H3,(H2,25,27)/t21-,23?/m0/s1. The minimum atomic E-state index is -0.283. The van der Waals surface area contributed by atoms with Crippen LogP contribution in [0.4, 0.5) is 0 Å². The SMILES string of the molecule is CC12CC=CC=C1C=C(c1ccc(Cl)cc1)N2[C@H](C(N)=O)C1CCCCC1. The minimum Gasteiger partial charge on any atom is -0.368 e. The van der Waals surface area contributed by atoms with Crippen molar-refractivity contribution >= 4 is 23.2 Å². The van der Waals surface area contributed by atoms with Gasteiger partial charge >= 0.3 is 0 Å². The summed E-state index contributed by atoms with van der Waals surface area (Å²) in [5.74, 6) is 0.104. The average Bonchev–Trinajstić information content (AvgIpc) is 2.96. The number of benzene rings is 1. The number of nitrogens with zero attached hydrogens (tertiary/aromatic N) is 1. The van der Waals surface area contributed by atoms with Gasteiger partial charge in [0.25, 0.3) is 0 Å². The second-order valence-corrected chi connectivity index (χ2v) is 8.62. The minimum absolute atomic E-state index is 0.209. The molecule has 2 aliphatic carbocycles. The number of carbonyl (C=O) groups is 1. The van der Waals surface area contributed by atoms with Crippen LogP contribution in [0.3, 0.4) is 0 Å². The Morgan fingerprint density at radius 3 is 2.59 bits per heavy atom. The lowest BCUT2D eigenvalue weighted by atomic mass is 9.79. The van der Waals surface area contributed by atoms with Crippen molar-refractivity contribution in [2.24, 2.45) is 11.7 Å². The van der Waals surface area contributed by atoms with Crippen molar-refractivity contribution < 1.29 is 4.79 Å². The van der Waals surface area contributed by atoms with Crippen molar-refractivity contribution in [2.45, 2.75) is 57.0 Å². The fourth-order valence-corrected chi connectivity index (χ4v) is 5.14. The molecule has 142 valence electrons. The Kier molecular flexibility index (Phi) is 4.90. The van der Waals surface area contributed by atoms with Crippen LogP contribution in [0.25, 0.3) is 5.70 Å². The lowest BCUT2D eigenvalue weighted by Gasteiger charge is -2.47. The van der Waals surface area contributed by atoms with Crippen LogP contribution in [0.5, 0.6) is 0 Å². The van der Waals surface area contributed by atoms with Crippen LogP contribution < -0.4 is 5.73 Å². The molecule has 0 spiro atoms. The molecule has 4 rings (SSSR count). The normalized spacial score (nSPS) is 26.4. The molecule has 1 aromatic carbocycles. The summed E-state index contributed by atoms with van der Waals surface area (Å²) in [6.07, 6.45) is 15.3. The summed E-state index contributed by atoms with van der Waals surface area (Å²) >= 11 is 6.11. The molecule has 0 bridgehead atoms. The number of hydrogen-bond acceptors (Lipinski definition) is 2. The smallest absolute Gasteiger partial charge is 0.240 e. The van der Waals surface area contributed by atoms with Crippen LogP contribution in [-0.2, 0) is 4.79 Å². The van der Waals surface area contributed by atoms with Crippen LogP contribution in [-0.4, -0.2) is 22.4 Å². The molecule has 0 aromatic heterocycles. The maximum atomic E-state index is 12.7. The third-order valence-corrected chi connectivity index (χ3v) is 6.69. The molecule has 1 amide bonds. The third kappa shape index (κ3) is 3.23. The van der Waals surface area contributed by atoms with E-state index in [2.05, 4.69) is 36.1 Å². The van der Waals surface area contributed by atoms with Crippen LogP contribution >= 0.6 is 11.6 Å². The number of nitrogens with two attached hydrogens (primary N) is 1. The maximum Gasteiger partial charge on any atom is 0.240 e. The highest BCUT2D eigenvalue weighted by atomic mass is 35.5. The van der Waals surface area contributed by atoms with Crippen molar-refractivity contribution in [1.29, 1.82) is 0 Å². The maximum absolute atomic E-state index is 12.7. The summed E-state index contributed by atoms with van der Waals surface area (Å²) in [4.78, 5) is 15.1. The van der Waals surface area contributed by atoms with Gasteiger partial charge in [0.2, 0.25) is 5.91 Å². The van der Waals surface area contributed by atoms with Crippen LogP contribution in [0.2, 0.25) is 5.02 Å². The zero-order valence-corrected chi connectivity index (χ0v) is 16.6. The predicted molar refractivity (Wildman–Crippen MR) is 111 cm³/mol. The van der Waals surface area contributed by atoms with E-state index in [-0.39, 0.29) is 17.5 Å². The van der Waals surface area contributed by atoms with E-state index in [4.69, 9.17) is 17.3 Å². The lowest BCUT2D eigenvalue weighted by Crippen LogP contribution is -2.56. The molecule has 3 aliphatic rings. The molecular weight excluding hydrogens is 356 g/mol. The van der Waals surface area contributed by atoms with Gasteiger partial charge in [0.05, 0.1) is 5.54 Å². The van der Waals surface area contributed by atoms with Crippen molar-refractivity contribution in [2.75, 3.05) is 0 Å². The molecule has 1 heterocycles. The first-order valence-electron chi connectivity index (χ1n) is 9.94. The first-order valence-corrected chi connectivity index (χ1v) is 10.3. The molecule has 27 heavy (non-hydrogen) atoms.